The van der Waals surface area contributed by atoms with Gasteiger partial charge in [0, 0.05) is 12.0 Å². The highest BCUT2D eigenvalue weighted by Gasteiger charge is 2.32. The summed E-state index contributed by atoms with van der Waals surface area (Å²) in [6.07, 6.45) is -0.326. The van der Waals surface area contributed by atoms with Gasteiger partial charge in [-0.3, -0.25) is 9.59 Å². The van der Waals surface area contributed by atoms with E-state index in [1.54, 1.807) is 27.7 Å². The maximum Gasteiger partial charge on any atom is 0.407 e. The lowest BCUT2D eigenvalue weighted by molar-refractivity contribution is -0.144. The second kappa shape index (κ2) is 10.5. The molecule has 3 rings (SSSR count). The third-order valence-electron chi connectivity index (χ3n) is 6.27. The van der Waals surface area contributed by atoms with Crippen molar-refractivity contribution in [1.29, 1.82) is 0 Å². The molecule has 1 aliphatic rings. The average Bonchev–Trinajstić information content (AvgIpc) is 3.09. The summed E-state index contributed by atoms with van der Waals surface area (Å²) in [5.41, 5.74) is 4.50. The van der Waals surface area contributed by atoms with Gasteiger partial charge in [-0.1, -0.05) is 69.3 Å². The van der Waals surface area contributed by atoms with Gasteiger partial charge < -0.3 is 20.5 Å². The minimum Gasteiger partial charge on any atom is -0.481 e. The summed E-state index contributed by atoms with van der Waals surface area (Å²) in [7, 11) is 0. The molecule has 0 saturated heterocycles. The molecule has 3 atom stereocenters. The monoisotopic (exact) mass is 452 g/mol. The highest BCUT2D eigenvalue weighted by atomic mass is 16.5. The van der Waals surface area contributed by atoms with Gasteiger partial charge in [0.05, 0.1) is 5.92 Å². The summed E-state index contributed by atoms with van der Waals surface area (Å²) < 4.78 is 5.53. The van der Waals surface area contributed by atoms with Crippen LogP contribution in [0.15, 0.2) is 48.5 Å². The first-order valence-corrected chi connectivity index (χ1v) is 11.4. The predicted octanol–water partition coefficient (Wildman–Crippen LogP) is 4.17. The summed E-state index contributed by atoms with van der Waals surface area (Å²) >= 11 is 0. The third-order valence-corrected chi connectivity index (χ3v) is 6.27. The topological polar surface area (TPSA) is 105 Å². The Hall–Kier alpha value is -3.35. The Balaban J connectivity index is 1.61. The Kier molecular flexibility index (Phi) is 7.74. The molecule has 2 aromatic rings. The maximum atomic E-state index is 12.7. The standard InChI is InChI=1S/C26H32N2O5/c1-5-22(24(29)27-16(4)23(15(2)3)25(30)31)28-26(32)33-14-21-19-12-8-6-10-17(19)18-11-7-9-13-20(18)21/h6-13,15-16,21-23H,5,14H2,1-4H3,(H,27,29)(H,28,32)(H,30,31)/t16?,22-,23?/m1/s1. The fourth-order valence-electron chi connectivity index (χ4n) is 4.63. The van der Waals surface area contributed by atoms with Crippen molar-refractivity contribution in [3.05, 3.63) is 59.7 Å². The lowest BCUT2D eigenvalue weighted by atomic mass is 9.89. The number of amides is 2. The zero-order valence-electron chi connectivity index (χ0n) is 19.5. The van der Waals surface area contributed by atoms with E-state index in [0.29, 0.717) is 6.42 Å². The molecule has 7 nitrogen and oxygen atoms in total. The molecule has 0 fully saturated rings. The summed E-state index contributed by atoms with van der Waals surface area (Å²) in [6, 6.07) is 14.7. The predicted molar refractivity (Wildman–Crippen MR) is 126 cm³/mol. The molecule has 0 radical (unpaired) electrons. The molecular weight excluding hydrogens is 420 g/mol. The second-order valence-electron chi connectivity index (χ2n) is 8.84. The zero-order valence-corrected chi connectivity index (χ0v) is 19.5. The van der Waals surface area contributed by atoms with Crippen molar-refractivity contribution in [3.63, 3.8) is 0 Å². The number of carbonyl (C=O) groups excluding carboxylic acids is 2. The molecule has 1 aliphatic carbocycles. The maximum absolute atomic E-state index is 12.7. The molecule has 0 saturated carbocycles. The van der Waals surface area contributed by atoms with Gasteiger partial charge in [-0.15, -0.1) is 0 Å². The highest BCUT2D eigenvalue weighted by molar-refractivity contribution is 5.86. The number of nitrogens with one attached hydrogen (secondary N) is 2. The van der Waals surface area contributed by atoms with E-state index >= 15 is 0 Å². The van der Waals surface area contributed by atoms with Crippen molar-refractivity contribution < 1.29 is 24.2 Å². The lowest BCUT2D eigenvalue weighted by Crippen LogP contribution is -2.52. The molecule has 0 aromatic heterocycles. The van der Waals surface area contributed by atoms with Crippen LogP contribution in [0.4, 0.5) is 4.79 Å². The van der Waals surface area contributed by atoms with Crippen molar-refractivity contribution in [2.45, 2.75) is 52.1 Å². The van der Waals surface area contributed by atoms with Gasteiger partial charge in [0.1, 0.15) is 12.6 Å². The minimum absolute atomic E-state index is 0.0700. The number of carboxylic acids is 1. The number of carboxylic acid groups (broad SMARTS) is 1. The second-order valence-corrected chi connectivity index (χ2v) is 8.84. The van der Waals surface area contributed by atoms with Crippen molar-refractivity contribution in [2.24, 2.45) is 11.8 Å². The van der Waals surface area contributed by atoms with Crippen LogP contribution in [0.2, 0.25) is 0 Å². The fraction of sp³-hybridized carbons (Fsp3) is 0.423. The summed E-state index contributed by atoms with van der Waals surface area (Å²) in [5, 5.41) is 14.8. The number of hydrogen-bond acceptors (Lipinski definition) is 4. The Morgan fingerprint density at radius 3 is 1.97 bits per heavy atom. The van der Waals surface area contributed by atoms with Crippen molar-refractivity contribution in [3.8, 4) is 11.1 Å². The molecule has 0 bridgehead atoms. The smallest absolute Gasteiger partial charge is 0.407 e. The quantitative estimate of drug-likeness (QED) is 0.530. The number of fused-ring (bicyclic) bond motifs is 3. The van der Waals surface area contributed by atoms with Crippen LogP contribution in [-0.4, -0.2) is 41.8 Å². The van der Waals surface area contributed by atoms with E-state index < -0.39 is 36.0 Å². The van der Waals surface area contributed by atoms with Crippen LogP contribution in [-0.2, 0) is 14.3 Å². The van der Waals surface area contributed by atoms with Crippen LogP contribution in [0, 0.1) is 11.8 Å². The van der Waals surface area contributed by atoms with E-state index in [2.05, 4.69) is 22.8 Å². The Morgan fingerprint density at radius 2 is 1.48 bits per heavy atom. The van der Waals surface area contributed by atoms with E-state index in [1.165, 1.54) is 0 Å². The largest absolute Gasteiger partial charge is 0.481 e. The van der Waals surface area contributed by atoms with Crippen LogP contribution in [0.5, 0.6) is 0 Å². The SMILES string of the molecule is CC[C@@H](NC(=O)OCC1c2ccccc2-c2ccccc21)C(=O)NC(C)C(C(=O)O)C(C)C. The van der Waals surface area contributed by atoms with Gasteiger partial charge in [0.2, 0.25) is 5.91 Å². The van der Waals surface area contributed by atoms with Crippen molar-refractivity contribution >= 4 is 18.0 Å². The summed E-state index contributed by atoms with van der Waals surface area (Å²) in [4.78, 5) is 36.7. The van der Waals surface area contributed by atoms with E-state index in [0.717, 1.165) is 22.3 Å². The van der Waals surface area contributed by atoms with Crippen LogP contribution in [0.25, 0.3) is 11.1 Å². The van der Waals surface area contributed by atoms with Crippen molar-refractivity contribution in [2.75, 3.05) is 6.61 Å². The molecule has 2 unspecified atom stereocenters. The van der Waals surface area contributed by atoms with Gasteiger partial charge in [0.15, 0.2) is 0 Å². The first-order valence-electron chi connectivity index (χ1n) is 11.4. The number of hydrogen-bond donors (Lipinski definition) is 3. The molecule has 0 spiro atoms. The van der Waals surface area contributed by atoms with Crippen LogP contribution in [0.1, 0.15) is 51.2 Å². The normalized spacial score (nSPS) is 15.2. The first-order chi connectivity index (χ1) is 15.7. The zero-order chi connectivity index (χ0) is 24.1. The Morgan fingerprint density at radius 1 is 0.939 bits per heavy atom. The van der Waals surface area contributed by atoms with Gasteiger partial charge in [0.25, 0.3) is 0 Å². The minimum atomic E-state index is -0.963. The number of rotatable bonds is 9. The van der Waals surface area contributed by atoms with Crippen LogP contribution in [0.3, 0.4) is 0 Å². The van der Waals surface area contributed by atoms with E-state index in [-0.39, 0.29) is 18.4 Å². The van der Waals surface area contributed by atoms with Gasteiger partial charge in [-0.05, 0) is 41.5 Å². The first kappa shape index (κ1) is 24.3. The summed E-state index contributed by atoms with van der Waals surface area (Å²) in [5.74, 6) is -2.32. The molecule has 33 heavy (non-hydrogen) atoms. The third kappa shape index (κ3) is 5.35. The number of alkyl carbamates (subject to hydrolysis) is 1. The number of aliphatic carboxylic acids is 1. The molecule has 3 N–H and O–H groups in total. The molecule has 0 aliphatic heterocycles. The number of carbonyl (C=O) groups is 3. The molecule has 176 valence electrons. The molecule has 2 aromatic carbocycles. The van der Waals surface area contributed by atoms with Crippen LogP contribution < -0.4 is 10.6 Å². The highest BCUT2D eigenvalue weighted by Crippen LogP contribution is 2.44. The molecule has 7 heteroatoms. The molecule has 2 amide bonds. The average molecular weight is 453 g/mol. The van der Waals surface area contributed by atoms with Gasteiger partial charge in [-0.2, -0.15) is 0 Å². The number of ether oxygens (including phenoxy) is 1. The van der Waals surface area contributed by atoms with Crippen molar-refractivity contribution in [1.82, 2.24) is 10.6 Å². The lowest BCUT2D eigenvalue weighted by Gasteiger charge is -2.26. The molecular formula is C26H32N2O5. The van der Waals surface area contributed by atoms with E-state index in [1.807, 2.05) is 36.4 Å². The van der Waals surface area contributed by atoms with Gasteiger partial charge in [-0.25, -0.2) is 4.79 Å². The van der Waals surface area contributed by atoms with Crippen LogP contribution >= 0.6 is 0 Å². The molecule has 0 heterocycles. The fourth-order valence-corrected chi connectivity index (χ4v) is 4.63. The van der Waals surface area contributed by atoms with Gasteiger partial charge >= 0.3 is 12.1 Å². The van der Waals surface area contributed by atoms with E-state index in [4.69, 9.17) is 4.74 Å². The summed E-state index contributed by atoms with van der Waals surface area (Å²) in [6.45, 7) is 7.19. The Bertz CT molecular complexity index is 974. The number of benzene rings is 2. The van der Waals surface area contributed by atoms with E-state index in [9.17, 15) is 19.5 Å². The Labute approximate surface area is 194 Å².